The number of benzene rings is 2. The molecule has 2 aromatic carbocycles. The van der Waals surface area contributed by atoms with Gasteiger partial charge in [-0.05, 0) is 62.4 Å². The Hall–Kier alpha value is -3.22. The van der Waals surface area contributed by atoms with Crippen LogP contribution in [0.3, 0.4) is 0 Å². The Kier molecular flexibility index (Phi) is 11.2. The highest BCUT2D eigenvalue weighted by Gasteiger charge is 2.36. The van der Waals surface area contributed by atoms with Crippen molar-refractivity contribution in [1.82, 2.24) is 5.16 Å². The third-order valence-corrected chi connectivity index (χ3v) is 8.28. The summed E-state index contributed by atoms with van der Waals surface area (Å²) < 4.78 is 72.5. The van der Waals surface area contributed by atoms with Crippen LogP contribution in [0.5, 0.6) is 0 Å². The van der Waals surface area contributed by atoms with E-state index in [-0.39, 0.29) is 34.9 Å². The number of anilines is 1. The first-order valence-corrected chi connectivity index (χ1v) is 15.9. The molecule has 43 heavy (non-hydrogen) atoms. The smallest absolute Gasteiger partial charge is 0.383 e. The second-order valence-corrected chi connectivity index (χ2v) is 12.6. The van der Waals surface area contributed by atoms with Crippen LogP contribution >= 0.6 is 11.6 Å². The van der Waals surface area contributed by atoms with Crippen molar-refractivity contribution in [3.05, 3.63) is 76.2 Å². The van der Waals surface area contributed by atoms with Gasteiger partial charge in [-0.1, -0.05) is 30.3 Å². The van der Waals surface area contributed by atoms with Gasteiger partial charge in [0, 0.05) is 24.8 Å². The minimum absolute atomic E-state index is 0.0223. The van der Waals surface area contributed by atoms with Gasteiger partial charge < -0.3 is 14.2 Å². The van der Waals surface area contributed by atoms with Crippen LogP contribution in [0.4, 0.5) is 18.9 Å². The zero-order valence-corrected chi connectivity index (χ0v) is 26.1. The first kappa shape index (κ1) is 34.3. The largest absolute Gasteiger partial charge is 0.416 e. The molecule has 1 heterocycles. The topological polar surface area (TPSA) is 107 Å². The van der Waals surface area contributed by atoms with E-state index in [4.69, 9.17) is 20.9 Å². The Labute approximate surface area is 254 Å². The summed E-state index contributed by atoms with van der Waals surface area (Å²) in [6.07, 6.45) is -0.266. The molecule has 0 radical (unpaired) electrons. The van der Waals surface area contributed by atoms with Gasteiger partial charge in [-0.25, -0.2) is 8.42 Å². The lowest BCUT2D eigenvalue weighted by molar-refractivity contribution is -0.137. The number of aryl methyl sites for hydroxylation is 2. The molecule has 234 valence electrons. The summed E-state index contributed by atoms with van der Waals surface area (Å²) in [7, 11) is -2.40. The SMILES string of the molecule is CCc1cccc(C)c1N(C(=O)CCl)[C@@H](C)COC.CS(=O)(=O)c1cc(C(F)(F)F)ccc1C(=O)c1cnoc1C1CC1. The number of alkyl halides is 4. The van der Waals surface area contributed by atoms with Crippen molar-refractivity contribution >= 4 is 38.8 Å². The molecule has 1 saturated carbocycles. The third kappa shape index (κ3) is 8.24. The quantitative estimate of drug-likeness (QED) is 0.187. The van der Waals surface area contributed by atoms with Crippen molar-refractivity contribution in [1.29, 1.82) is 0 Å². The highest BCUT2D eigenvalue weighted by molar-refractivity contribution is 7.90. The Morgan fingerprint density at radius 2 is 1.86 bits per heavy atom. The van der Waals surface area contributed by atoms with Crippen molar-refractivity contribution in [3.63, 3.8) is 0 Å². The molecule has 13 heteroatoms. The highest BCUT2D eigenvalue weighted by atomic mass is 35.5. The lowest BCUT2D eigenvalue weighted by atomic mass is 10.0. The molecule has 0 spiro atoms. The first-order valence-electron chi connectivity index (χ1n) is 13.5. The van der Waals surface area contributed by atoms with Gasteiger partial charge in [0.2, 0.25) is 5.91 Å². The van der Waals surface area contributed by atoms with E-state index in [0.717, 1.165) is 48.4 Å². The minimum atomic E-state index is -4.71. The molecule has 1 atom stereocenters. The summed E-state index contributed by atoms with van der Waals surface area (Å²) in [5, 5.41) is 3.55. The number of carbonyl (C=O) groups is 2. The van der Waals surface area contributed by atoms with E-state index in [0.29, 0.717) is 24.5 Å². The number of halogens is 4. The molecule has 8 nitrogen and oxygen atoms in total. The van der Waals surface area contributed by atoms with Gasteiger partial charge in [-0.15, -0.1) is 11.6 Å². The Balaban J connectivity index is 0.000000243. The van der Waals surface area contributed by atoms with Crippen LogP contribution in [-0.4, -0.2) is 57.2 Å². The molecule has 0 unspecified atom stereocenters. The molecule has 0 aliphatic heterocycles. The fourth-order valence-corrected chi connectivity index (χ4v) is 5.75. The highest BCUT2D eigenvalue weighted by Crippen LogP contribution is 2.42. The summed E-state index contributed by atoms with van der Waals surface area (Å²) in [6.45, 7) is 6.56. The van der Waals surface area contributed by atoms with E-state index in [9.17, 15) is 31.2 Å². The third-order valence-electron chi connectivity index (χ3n) is 6.92. The zero-order valence-electron chi connectivity index (χ0n) is 24.5. The fraction of sp³-hybridized carbons (Fsp3) is 0.433. The molecule has 1 fully saturated rings. The number of methoxy groups -OCH3 is 1. The van der Waals surface area contributed by atoms with E-state index in [2.05, 4.69) is 18.1 Å². The fourth-order valence-electron chi connectivity index (χ4n) is 4.72. The van der Waals surface area contributed by atoms with Gasteiger partial charge in [0.05, 0.1) is 40.6 Å². The van der Waals surface area contributed by atoms with E-state index >= 15 is 0 Å². The lowest BCUT2D eigenvalue weighted by Crippen LogP contribution is -2.43. The summed E-state index contributed by atoms with van der Waals surface area (Å²) in [6, 6.07) is 8.09. The molecule has 1 aromatic heterocycles. The van der Waals surface area contributed by atoms with Gasteiger partial charge in [-0.2, -0.15) is 13.2 Å². The number of carbonyl (C=O) groups excluding carboxylic acids is 2. The Morgan fingerprint density at radius 3 is 2.40 bits per heavy atom. The van der Waals surface area contributed by atoms with Gasteiger partial charge in [-0.3, -0.25) is 9.59 Å². The average Bonchev–Trinajstić information content (AvgIpc) is 3.68. The maximum atomic E-state index is 12.8. The molecule has 1 aliphatic rings. The van der Waals surface area contributed by atoms with Crippen molar-refractivity contribution < 1.29 is 40.4 Å². The second-order valence-electron chi connectivity index (χ2n) is 10.3. The first-order chi connectivity index (χ1) is 20.1. The van der Waals surface area contributed by atoms with Crippen molar-refractivity contribution in [2.24, 2.45) is 0 Å². The number of nitrogens with zero attached hydrogens (tertiary/aromatic N) is 2. The molecule has 0 N–H and O–H groups in total. The van der Waals surface area contributed by atoms with E-state index in [1.54, 1.807) is 12.0 Å². The number of sulfone groups is 1. The van der Waals surface area contributed by atoms with Crippen molar-refractivity contribution in [2.45, 2.75) is 63.1 Å². The second kappa shape index (κ2) is 14.0. The summed E-state index contributed by atoms with van der Waals surface area (Å²) in [5.74, 6) is -0.435. The standard InChI is InChI=1S/C15H22ClNO2.C15H12F3NO4S/c1-5-13-8-6-7-11(2)15(13)17(14(18)9-16)12(3)10-19-4;1-24(21,22)12-6-9(15(16,17)18)4-5-10(12)13(20)11-7-19-23-14(11)8-2-3-8/h6-8,12H,5,9-10H2,1-4H3;4-8H,2-3H2,1H3/t12-;/m0./s1. The predicted octanol–water partition coefficient (Wildman–Crippen LogP) is 6.37. The van der Waals surface area contributed by atoms with Crippen LogP contribution < -0.4 is 4.90 Å². The summed E-state index contributed by atoms with van der Waals surface area (Å²) in [5.41, 5.74) is 1.84. The summed E-state index contributed by atoms with van der Waals surface area (Å²) >= 11 is 5.76. The number of rotatable bonds is 10. The maximum absolute atomic E-state index is 12.8. The molecule has 0 saturated heterocycles. The molecule has 0 bridgehead atoms. The lowest BCUT2D eigenvalue weighted by Gasteiger charge is -2.31. The van der Waals surface area contributed by atoms with Crippen molar-refractivity contribution in [3.8, 4) is 0 Å². The van der Waals surface area contributed by atoms with Crippen LogP contribution in [0.15, 0.2) is 52.0 Å². The van der Waals surface area contributed by atoms with E-state index in [1.165, 1.54) is 6.20 Å². The molecule has 1 aliphatic carbocycles. The van der Waals surface area contributed by atoms with Crippen LogP contribution in [0.2, 0.25) is 0 Å². The number of aromatic nitrogens is 1. The predicted molar refractivity (Wildman–Crippen MR) is 157 cm³/mol. The average molecular weight is 643 g/mol. The monoisotopic (exact) mass is 642 g/mol. The Bertz CT molecular complexity index is 1570. The van der Waals surface area contributed by atoms with Crippen LogP contribution in [0.1, 0.15) is 71.0 Å². The maximum Gasteiger partial charge on any atom is 0.416 e. The number of para-hydroxylation sites is 1. The van der Waals surface area contributed by atoms with Gasteiger partial charge in [0.25, 0.3) is 0 Å². The molecule has 4 rings (SSSR count). The van der Waals surface area contributed by atoms with E-state index in [1.807, 2.05) is 26.0 Å². The van der Waals surface area contributed by atoms with Crippen molar-refractivity contribution in [2.75, 3.05) is 30.8 Å². The normalized spacial score (nSPS) is 14.1. The van der Waals surface area contributed by atoms with E-state index < -0.39 is 32.3 Å². The zero-order chi connectivity index (χ0) is 32.1. The summed E-state index contributed by atoms with van der Waals surface area (Å²) in [4.78, 5) is 25.9. The number of amides is 1. The molecular formula is C30H34ClF3N2O6S. The van der Waals surface area contributed by atoms with Crippen LogP contribution in [0.25, 0.3) is 0 Å². The molecule has 3 aromatic rings. The van der Waals surface area contributed by atoms with Crippen LogP contribution in [0, 0.1) is 6.92 Å². The van der Waals surface area contributed by atoms with Crippen LogP contribution in [-0.2, 0) is 32.0 Å². The van der Waals surface area contributed by atoms with Gasteiger partial charge in [0.15, 0.2) is 21.4 Å². The van der Waals surface area contributed by atoms with Gasteiger partial charge in [0.1, 0.15) is 5.88 Å². The minimum Gasteiger partial charge on any atom is -0.383 e. The van der Waals surface area contributed by atoms with Gasteiger partial charge >= 0.3 is 6.18 Å². The molecule has 1 amide bonds. The molecular weight excluding hydrogens is 609 g/mol. The number of ether oxygens (including phenoxy) is 1. The number of hydrogen-bond acceptors (Lipinski definition) is 7. The number of hydrogen-bond donors (Lipinski definition) is 0. The number of ketones is 1. The Morgan fingerprint density at radius 1 is 1.19 bits per heavy atom.